The molecule has 37 heavy (non-hydrogen) atoms. The predicted octanol–water partition coefficient (Wildman–Crippen LogP) is 4.60. The van der Waals surface area contributed by atoms with Gasteiger partial charge in [-0.1, -0.05) is 54.6 Å². The molecule has 0 aliphatic heterocycles. The van der Waals surface area contributed by atoms with Crippen LogP contribution in [0.1, 0.15) is 56.7 Å². The van der Waals surface area contributed by atoms with E-state index in [1.807, 2.05) is 54.6 Å². The standard InChI is InChI=1S/3C10H10O2.Tb/c3*1-8(11)7-10(12)9-5-3-2-4-6-9;/h3*2-6H,7H2,1H3;/p+6. The largest absolute Gasteiger partial charge is 0.336 e. The third-order valence-corrected chi connectivity index (χ3v) is 4.59. The van der Waals surface area contributed by atoms with E-state index >= 15 is 0 Å². The molecule has 0 aliphatic carbocycles. The number of rotatable bonds is 9. The van der Waals surface area contributed by atoms with Crippen molar-refractivity contribution >= 4 is 34.7 Å². The maximum Gasteiger partial charge on any atom is 0.336 e. The maximum atomic E-state index is 9.43. The summed E-state index contributed by atoms with van der Waals surface area (Å²) in [7, 11) is 0. The molecule has 0 atom stereocenters. The molecule has 0 heterocycles. The first-order chi connectivity index (χ1) is 17.1. The van der Waals surface area contributed by atoms with E-state index in [4.69, 9.17) is 14.4 Å². The topological polar surface area (TPSA) is 128 Å². The van der Waals surface area contributed by atoms with Crippen LogP contribution in [0, 0.1) is 38.6 Å². The van der Waals surface area contributed by atoms with Crippen LogP contribution in [0.3, 0.4) is 0 Å². The molecule has 3 aromatic rings. The summed E-state index contributed by atoms with van der Waals surface area (Å²) in [5.41, 5.74) is 2.27. The van der Waals surface area contributed by atoms with Crippen molar-refractivity contribution in [1.82, 2.24) is 0 Å². The second-order valence-electron chi connectivity index (χ2n) is 8.17. The van der Waals surface area contributed by atoms with Crippen LogP contribution in [-0.2, 0) is 0 Å². The second-order valence-corrected chi connectivity index (χ2v) is 8.17. The summed E-state index contributed by atoms with van der Waals surface area (Å²) >= 11 is 0. The Morgan fingerprint density at radius 3 is 0.757 bits per heavy atom. The summed E-state index contributed by atoms with van der Waals surface area (Å²) < 4.78 is 0. The van der Waals surface area contributed by atoms with E-state index < -0.39 is 0 Å². The van der Waals surface area contributed by atoms with Crippen LogP contribution in [0.15, 0.2) is 91.0 Å². The Morgan fingerprint density at radius 2 is 0.595 bits per heavy atom. The van der Waals surface area contributed by atoms with Gasteiger partial charge in [0.15, 0.2) is 19.3 Å². The molecule has 0 spiro atoms. The van der Waals surface area contributed by atoms with Crippen LogP contribution in [0.25, 0.3) is 0 Å². The van der Waals surface area contributed by atoms with E-state index in [0.29, 0.717) is 0 Å². The van der Waals surface area contributed by atoms with Crippen LogP contribution in [-0.4, -0.2) is 63.5 Å². The van der Waals surface area contributed by atoms with Gasteiger partial charge in [-0.3, -0.25) is 28.8 Å². The van der Waals surface area contributed by atoms with Crippen molar-refractivity contribution < 1.29 is 67.4 Å². The molecule has 6 nitrogen and oxygen atoms in total. The fraction of sp³-hybridized carbons (Fsp3) is 0.200. The minimum absolute atomic E-state index is 0. The van der Waals surface area contributed by atoms with Crippen molar-refractivity contribution in [3.8, 4) is 0 Å². The maximum absolute atomic E-state index is 9.43. The first kappa shape index (κ1) is 34.0. The molecule has 0 saturated carbocycles. The van der Waals surface area contributed by atoms with E-state index in [9.17, 15) is 14.4 Å². The molecule has 0 fully saturated rings. The number of hydrogen-bond donors (Lipinski definition) is 0. The Labute approximate surface area is 248 Å². The monoisotopic (exact) mass is 651 g/mol. The van der Waals surface area contributed by atoms with Gasteiger partial charge in [-0.2, -0.15) is 0 Å². The zero-order valence-electron chi connectivity index (χ0n) is 21.3. The van der Waals surface area contributed by atoms with E-state index in [1.54, 1.807) is 57.2 Å². The predicted molar refractivity (Wildman–Crippen MR) is 149 cm³/mol. The van der Waals surface area contributed by atoms with Crippen molar-refractivity contribution in [2.45, 2.75) is 40.0 Å². The van der Waals surface area contributed by atoms with Gasteiger partial charge in [0.2, 0.25) is 0 Å². The second kappa shape index (κ2) is 19.1. The molecule has 0 amide bonds. The van der Waals surface area contributed by atoms with Crippen LogP contribution < -0.4 is 0 Å². The number of benzene rings is 3. The summed E-state index contributed by atoms with van der Waals surface area (Å²) in [5, 5.41) is 0. The van der Waals surface area contributed by atoms with Crippen molar-refractivity contribution in [2.75, 3.05) is 0 Å². The SMILES string of the molecule is CC(=[OH+])CC(=[OH+])c1ccccc1.CC(=[OH+])CC(=[OH+])c1ccccc1.CC(=[OH+])CC(=[OH+])c1ccccc1.[Tb]. The van der Waals surface area contributed by atoms with Crippen molar-refractivity contribution in [1.29, 1.82) is 0 Å². The Balaban J connectivity index is 0.000000518. The molecule has 7 heteroatoms. The van der Waals surface area contributed by atoms with E-state index in [2.05, 4.69) is 0 Å². The average Bonchev–Trinajstić information content (AvgIpc) is 2.85. The molecule has 6 N–H and O–H groups in total. The Morgan fingerprint density at radius 1 is 0.405 bits per heavy atom. The summed E-state index contributed by atoms with van der Waals surface area (Å²) in [6.45, 7) is 4.71. The third-order valence-electron chi connectivity index (χ3n) is 4.59. The molecule has 3 rings (SSSR count). The Kier molecular flexibility index (Phi) is 17.6. The summed E-state index contributed by atoms with van der Waals surface area (Å²) in [6.07, 6.45) is 0.679. The van der Waals surface area contributed by atoms with E-state index in [1.165, 1.54) is 0 Å². The van der Waals surface area contributed by atoms with Crippen molar-refractivity contribution in [2.24, 2.45) is 0 Å². The van der Waals surface area contributed by atoms with Crippen molar-refractivity contribution in [3.05, 3.63) is 108 Å². The summed E-state index contributed by atoms with van der Waals surface area (Å²) in [5.74, 6) is 1.27. The fourth-order valence-corrected chi connectivity index (χ4v) is 2.92. The quantitative estimate of drug-likeness (QED) is 0.182. The van der Waals surface area contributed by atoms with Gasteiger partial charge < -0.3 is 0 Å². The molecular weight excluding hydrogens is 615 g/mol. The van der Waals surface area contributed by atoms with Crippen LogP contribution >= 0.6 is 0 Å². The molecule has 0 bridgehead atoms. The minimum atomic E-state index is 0. The molecule has 3 aromatic carbocycles. The smallest absolute Gasteiger partial charge is 0.283 e. The van der Waals surface area contributed by atoms with Crippen molar-refractivity contribution in [3.63, 3.8) is 0 Å². The van der Waals surface area contributed by atoms with Crippen LogP contribution in [0.2, 0.25) is 0 Å². The molecule has 0 unspecified atom stereocenters. The zero-order valence-corrected chi connectivity index (χ0v) is 23.4. The molecular formula is C30H36O6Tb+6. The molecule has 0 aliphatic rings. The van der Waals surface area contributed by atoms with E-state index in [-0.39, 0.29) is 92.6 Å². The van der Waals surface area contributed by atoms with Gasteiger partial charge in [-0.05, 0) is 36.4 Å². The van der Waals surface area contributed by atoms with Crippen LogP contribution in [0.4, 0.5) is 0 Å². The minimum Gasteiger partial charge on any atom is -0.283 e. The first-order valence-electron chi connectivity index (χ1n) is 11.4. The fourth-order valence-electron chi connectivity index (χ4n) is 2.92. The average molecular weight is 652 g/mol. The molecule has 1 radical (unpaired) electrons. The Hall–Kier alpha value is -3.03. The van der Waals surface area contributed by atoms with Gasteiger partial charge in [0.25, 0.3) is 0 Å². The van der Waals surface area contributed by atoms with Crippen LogP contribution in [0.5, 0.6) is 0 Å². The third kappa shape index (κ3) is 15.6. The first-order valence-corrected chi connectivity index (χ1v) is 11.4. The number of carbonyl (C=O) groups excluding carboxylic acids is 6. The van der Waals surface area contributed by atoms with Gasteiger partial charge in [0.1, 0.15) is 0 Å². The molecule has 0 aromatic heterocycles. The summed E-state index contributed by atoms with van der Waals surface area (Å²) in [4.78, 5) is 55.0. The molecule has 0 saturated heterocycles. The van der Waals surface area contributed by atoms with Gasteiger partial charge in [0.05, 0.1) is 16.7 Å². The van der Waals surface area contributed by atoms with Gasteiger partial charge in [-0.25, -0.2) is 0 Å². The van der Waals surface area contributed by atoms with Gasteiger partial charge in [-0.15, -0.1) is 0 Å². The Bertz CT molecular complexity index is 1020. The van der Waals surface area contributed by atoms with Gasteiger partial charge in [0, 0.05) is 59.4 Å². The molecule has 195 valence electrons. The number of ketones is 6. The van der Waals surface area contributed by atoms with E-state index in [0.717, 1.165) is 16.7 Å². The number of hydrogen-bond acceptors (Lipinski definition) is 0. The zero-order chi connectivity index (χ0) is 26.9. The van der Waals surface area contributed by atoms with Gasteiger partial charge >= 0.3 is 34.7 Å². The summed E-state index contributed by atoms with van der Waals surface area (Å²) in [6, 6.07) is 27.5. The normalized spacial score (nSPS) is 9.16.